The number of nitrogens with zero attached hydrogens (tertiary/aromatic N) is 2. The number of carbonyl (C=O) groups is 1. The Kier molecular flexibility index (Phi) is 7.14. The molecule has 1 amide bonds. The number of hydrogen-bond donors (Lipinski definition) is 1. The number of methoxy groups -OCH3 is 1. The smallest absolute Gasteiger partial charge is 0.262 e. The average Bonchev–Trinajstić information content (AvgIpc) is 2.83. The van der Waals surface area contributed by atoms with E-state index in [1.165, 1.54) is 23.8 Å². The Labute approximate surface area is 195 Å². The maximum Gasteiger partial charge on any atom is 0.262 e. The summed E-state index contributed by atoms with van der Waals surface area (Å²) in [5.74, 6) is 0.488. The van der Waals surface area contributed by atoms with Crippen LogP contribution in [0.3, 0.4) is 0 Å². The Morgan fingerprint density at radius 1 is 1.06 bits per heavy atom. The van der Waals surface area contributed by atoms with Gasteiger partial charge in [0, 0.05) is 48.2 Å². The van der Waals surface area contributed by atoms with E-state index in [2.05, 4.69) is 24.1 Å². The number of fused-ring (bicyclic) bond motifs is 1. The Morgan fingerprint density at radius 2 is 1.79 bits per heavy atom. The number of carbonyl (C=O) groups excluding carboxylic acids is 1. The Balaban J connectivity index is 1.55. The van der Waals surface area contributed by atoms with Crippen LogP contribution in [0.1, 0.15) is 49.9 Å². The lowest BCUT2D eigenvalue weighted by atomic mass is 9.97. The van der Waals surface area contributed by atoms with Gasteiger partial charge in [-0.3, -0.25) is 19.1 Å². The van der Waals surface area contributed by atoms with Crippen molar-refractivity contribution in [1.82, 2.24) is 14.8 Å². The zero-order valence-corrected chi connectivity index (χ0v) is 19.7. The van der Waals surface area contributed by atoms with E-state index in [1.807, 2.05) is 36.4 Å². The summed E-state index contributed by atoms with van der Waals surface area (Å²) in [5, 5.41) is 4.26. The van der Waals surface area contributed by atoms with Crippen LogP contribution in [0.4, 0.5) is 0 Å². The van der Waals surface area contributed by atoms with Crippen LogP contribution in [0.25, 0.3) is 16.5 Å². The molecule has 0 spiro atoms. The van der Waals surface area contributed by atoms with Gasteiger partial charge < -0.3 is 10.1 Å². The Bertz CT molecular complexity index is 1180. The van der Waals surface area contributed by atoms with Gasteiger partial charge in [-0.15, -0.1) is 0 Å². The van der Waals surface area contributed by atoms with E-state index in [9.17, 15) is 9.59 Å². The van der Waals surface area contributed by atoms with Crippen LogP contribution in [-0.2, 0) is 0 Å². The maximum atomic E-state index is 13.2. The monoisotopic (exact) mass is 447 g/mol. The molecular weight excluding hydrogens is 414 g/mol. The second kappa shape index (κ2) is 10.2. The molecule has 0 saturated carbocycles. The van der Waals surface area contributed by atoms with Crippen molar-refractivity contribution in [3.05, 3.63) is 70.6 Å². The molecule has 0 unspecified atom stereocenters. The van der Waals surface area contributed by atoms with E-state index in [1.54, 1.807) is 25.4 Å². The van der Waals surface area contributed by atoms with Crippen LogP contribution in [0.2, 0.25) is 0 Å². The van der Waals surface area contributed by atoms with Crippen LogP contribution in [0.15, 0.2) is 59.5 Å². The second-order valence-corrected chi connectivity index (χ2v) is 8.94. The molecule has 2 atom stereocenters. The number of hydrogen-bond acceptors (Lipinski definition) is 4. The Morgan fingerprint density at radius 3 is 2.52 bits per heavy atom. The maximum absolute atomic E-state index is 13.2. The molecule has 6 heteroatoms. The van der Waals surface area contributed by atoms with Crippen molar-refractivity contribution in [2.24, 2.45) is 0 Å². The molecule has 1 aliphatic heterocycles. The number of piperidine rings is 1. The van der Waals surface area contributed by atoms with Gasteiger partial charge in [-0.25, -0.2) is 0 Å². The first-order chi connectivity index (χ1) is 16.0. The fraction of sp³-hybridized carbons (Fsp3) is 0.407. The van der Waals surface area contributed by atoms with Gasteiger partial charge in [0.15, 0.2) is 0 Å². The summed E-state index contributed by atoms with van der Waals surface area (Å²) in [6, 6.07) is 15.8. The summed E-state index contributed by atoms with van der Waals surface area (Å²) in [5.41, 5.74) is 0.989. The van der Waals surface area contributed by atoms with Gasteiger partial charge in [0.05, 0.1) is 18.4 Å². The number of aromatic nitrogens is 1. The molecule has 1 fully saturated rings. The molecule has 6 nitrogen and oxygen atoms in total. The van der Waals surface area contributed by atoms with Gasteiger partial charge in [-0.1, -0.05) is 30.7 Å². The first-order valence-electron chi connectivity index (χ1n) is 11.8. The molecule has 0 radical (unpaired) electrons. The molecule has 4 rings (SSSR count). The van der Waals surface area contributed by atoms with E-state index in [4.69, 9.17) is 4.74 Å². The van der Waals surface area contributed by atoms with Gasteiger partial charge in [-0.2, -0.15) is 0 Å². The number of likely N-dealkylation sites (tertiary alicyclic amines) is 1. The summed E-state index contributed by atoms with van der Waals surface area (Å²) in [6.45, 7) is 6.17. The minimum atomic E-state index is -0.164. The third-order valence-electron chi connectivity index (χ3n) is 6.76. The van der Waals surface area contributed by atoms with Crippen LogP contribution in [-0.4, -0.2) is 47.7 Å². The molecule has 2 heterocycles. The van der Waals surface area contributed by atoms with Crippen molar-refractivity contribution in [1.29, 1.82) is 0 Å². The molecular formula is C27H33N3O3. The molecule has 1 aliphatic rings. The number of pyridine rings is 1. The predicted molar refractivity (Wildman–Crippen MR) is 133 cm³/mol. The molecule has 2 aromatic carbocycles. The van der Waals surface area contributed by atoms with Crippen molar-refractivity contribution in [3.63, 3.8) is 0 Å². The molecule has 1 aromatic heterocycles. The van der Waals surface area contributed by atoms with E-state index < -0.39 is 0 Å². The molecule has 0 aliphatic carbocycles. The summed E-state index contributed by atoms with van der Waals surface area (Å²) < 4.78 is 6.84. The fourth-order valence-electron chi connectivity index (χ4n) is 4.90. The highest BCUT2D eigenvalue weighted by Crippen LogP contribution is 2.23. The molecule has 0 bridgehead atoms. The van der Waals surface area contributed by atoms with Gasteiger partial charge in [0.25, 0.3) is 11.5 Å². The number of rotatable bonds is 7. The van der Waals surface area contributed by atoms with E-state index in [0.717, 1.165) is 13.0 Å². The van der Waals surface area contributed by atoms with Gasteiger partial charge in [0.1, 0.15) is 5.75 Å². The standard InChI is InChI=1S/C27H33N3O3/c1-19-9-6-10-20(2)29(19)16-8-15-28-26(31)25-18-30(21-11-7-12-22(17-21)33-3)27(32)24-14-5-4-13-23(24)25/h4-5,7,11-14,17-20H,6,8-10,15-16H2,1-3H3,(H,28,31)/t19-,20-/m1/s1. The highest BCUT2D eigenvalue weighted by atomic mass is 16.5. The lowest BCUT2D eigenvalue weighted by Crippen LogP contribution is -2.44. The average molecular weight is 448 g/mol. The second-order valence-electron chi connectivity index (χ2n) is 8.94. The first-order valence-corrected chi connectivity index (χ1v) is 11.8. The van der Waals surface area contributed by atoms with Crippen LogP contribution in [0.5, 0.6) is 5.75 Å². The highest BCUT2D eigenvalue weighted by molar-refractivity contribution is 6.06. The number of nitrogens with one attached hydrogen (secondary N) is 1. The first kappa shape index (κ1) is 23.1. The number of amides is 1. The normalized spacial score (nSPS) is 18.9. The number of ether oxygens (including phenoxy) is 1. The molecule has 33 heavy (non-hydrogen) atoms. The van der Waals surface area contributed by atoms with Crippen LogP contribution in [0, 0.1) is 0 Å². The summed E-state index contributed by atoms with van der Waals surface area (Å²) in [7, 11) is 1.59. The third-order valence-corrected chi connectivity index (χ3v) is 6.76. The van der Waals surface area contributed by atoms with Gasteiger partial charge in [0.2, 0.25) is 0 Å². The van der Waals surface area contributed by atoms with E-state index in [0.29, 0.717) is 46.4 Å². The van der Waals surface area contributed by atoms with Crippen molar-refractivity contribution in [2.45, 2.75) is 51.6 Å². The molecule has 1 N–H and O–H groups in total. The van der Waals surface area contributed by atoms with Crippen LogP contribution < -0.4 is 15.6 Å². The lowest BCUT2D eigenvalue weighted by molar-refractivity contribution is 0.0926. The number of benzene rings is 2. The lowest BCUT2D eigenvalue weighted by Gasteiger charge is -2.39. The minimum absolute atomic E-state index is 0.163. The summed E-state index contributed by atoms with van der Waals surface area (Å²) in [4.78, 5) is 28.9. The summed E-state index contributed by atoms with van der Waals surface area (Å²) >= 11 is 0. The molecule has 174 valence electrons. The zero-order chi connectivity index (χ0) is 23.4. The van der Waals surface area contributed by atoms with Crippen molar-refractivity contribution < 1.29 is 9.53 Å². The third kappa shape index (κ3) is 4.96. The SMILES string of the molecule is COc1cccc(-n2cc(C(=O)NCCCN3[C@H](C)CCC[C@H]3C)c3ccccc3c2=O)c1. The topological polar surface area (TPSA) is 63.6 Å². The van der Waals surface area contributed by atoms with Crippen molar-refractivity contribution in [3.8, 4) is 11.4 Å². The Hall–Kier alpha value is -3.12. The van der Waals surface area contributed by atoms with Crippen LogP contribution >= 0.6 is 0 Å². The molecule has 3 aromatic rings. The van der Waals surface area contributed by atoms with Crippen molar-refractivity contribution in [2.75, 3.05) is 20.2 Å². The predicted octanol–water partition coefficient (Wildman–Crippen LogP) is 4.38. The molecule has 1 saturated heterocycles. The zero-order valence-electron chi connectivity index (χ0n) is 19.7. The minimum Gasteiger partial charge on any atom is -0.497 e. The quantitative estimate of drug-likeness (QED) is 0.546. The van der Waals surface area contributed by atoms with E-state index >= 15 is 0 Å². The summed E-state index contributed by atoms with van der Waals surface area (Å²) in [6.07, 6.45) is 6.33. The fourth-order valence-corrected chi connectivity index (χ4v) is 4.90. The van der Waals surface area contributed by atoms with Gasteiger partial charge in [-0.05, 0) is 51.3 Å². The largest absolute Gasteiger partial charge is 0.497 e. The highest BCUT2D eigenvalue weighted by Gasteiger charge is 2.24. The van der Waals surface area contributed by atoms with Gasteiger partial charge >= 0.3 is 0 Å². The van der Waals surface area contributed by atoms with E-state index in [-0.39, 0.29) is 11.5 Å². The van der Waals surface area contributed by atoms with Crippen molar-refractivity contribution >= 4 is 16.7 Å².